The number of rotatable bonds is 6. The van der Waals surface area contributed by atoms with Gasteiger partial charge in [-0.2, -0.15) is 26.3 Å². The van der Waals surface area contributed by atoms with E-state index < -0.39 is 54.5 Å². The van der Waals surface area contributed by atoms with Gasteiger partial charge in [0.05, 0.1) is 30.4 Å². The van der Waals surface area contributed by atoms with Gasteiger partial charge in [-0.15, -0.1) is 0 Å². The molecule has 0 unspecified atom stereocenters. The van der Waals surface area contributed by atoms with Crippen LogP contribution in [0.2, 0.25) is 0 Å². The summed E-state index contributed by atoms with van der Waals surface area (Å²) in [6, 6.07) is 1.25. The molecule has 29 heavy (non-hydrogen) atoms. The third-order valence-electron chi connectivity index (χ3n) is 3.95. The maximum Gasteiger partial charge on any atom is 0.418 e. The lowest BCUT2D eigenvalue weighted by molar-refractivity contribution is -0.137. The van der Waals surface area contributed by atoms with Crippen molar-refractivity contribution < 1.29 is 40.7 Å². The first-order valence-corrected chi connectivity index (χ1v) is 8.33. The van der Waals surface area contributed by atoms with Gasteiger partial charge in [0.25, 0.3) is 5.91 Å². The van der Waals surface area contributed by atoms with E-state index >= 15 is 0 Å². The first-order chi connectivity index (χ1) is 13.4. The predicted molar refractivity (Wildman–Crippen MR) is 90.1 cm³/mol. The van der Waals surface area contributed by atoms with Crippen LogP contribution < -0.4 is 21.3 Å². The molecule has 0 saturated carbocycles. The molecule has 0 aliphatic carbocycles. The Kier molecular flexibility index (Phi) is 7.08. The van der Waals surface area contributed by atoms with Crippen LogP contribution in [0.3, 0.4) is 0 Å². The van der Waals surface area contributed by atoms with Crippen molar-refractivity contribution in [3.63, 3.8) is 0 Å². The second-order valence-electron chi connectivity index (χ2n) is 6.10. The molecule has 1 aliphatic rings. The number of ether oxygens (including phenoxy) is 1. The van der Waals surface area contributed by atoms with Crippen molar-refractivity contribution in [2.24, 2.45) is 5.73 Å². The monoisotopic (exact) mass is 428 g/mol. The SMILES string of the molecule is NC[C@@H](NCC(F)(F)F)C(=O)Nc1ccc(N2CCOCC2=O)c(C(F)(F)F)c1. The Morgan fingerprint density at radius 3 is 2.48 bits per heavy atom. The standard InChI is InChI=1S/C16H18F6N4O3/c17-15(18,19)8-24-11(6-23)14(28)25-9-1-2-12(10(5-9)16(20,21)22)26-3-4-29-7-13(26)27/h1-2,5,11,24H,3-4,6-8,23H2,(H,25,28)/t11-/m1/s1. The number of hydrogen-bond acceptors (Lipinski definition) is 5. The summed E-state index contributed by atoms with van der Waals surface area (Å²) in [5, 5.41) is 4.00. The first-order valence-electron chi connectivity index (χ1n) is 8.33. The molecule has 162 valence electrons. The van der Waals surface area contributed by atoms with E-state index in [0.29, 0.717) is 6.07 Å². The summed E-state index contributed by atoms with van der Waals surface area (Å²) in [4.78, 5) is 24.9. The second kappa shape index (κ2) is 8.97. The number of amides is 2. The van der Waals surface area contributed by atoms with Crippen molar-refractivity contribution in [1.82, 2.24) is 5.32 Å². The van der Waals surface area contributed by atoms with Gasteiger partial charge in [0.15, 0.2) is 0 Å². The Balaban J connectivity index is 2.23. The minimum absolute atomic E-state index is 0.0601. The van der Waals surface area contributed by atoms with Gasteiger partial charge >= 0.3 is 12.4 Å². The second-order valence-corrected chi connectivity index (χ2v) is 6.10. The molecule has 0 spiro atoms. The number of hydrogen-bond donors (Lipinski definition) is 3. The normalized spacial score (nSPS) is 16.7. The van der Waals surface area contributed by atoms with Gasteiger partial charge in [0, 0.05) is 18.8 Å². The Labute approximate surface area is 161 Å². The van der Waals surface area contributed by atoms with Crippen molar-refractivity contribution in [3.8, 4) is 0 Å². The molecule has 1 saturated heterocycles. The lowest BCUT2D eigenvalue weighted by Crippen LogP contribution is -2.48. The molecule has 1 heterocycles. The zero-order valence-electron chi connectivity index (χ0n) is 14.9. The average Bonchev–Trinajstić information content (AvgIpc) is 2.61. The van der Waals surface area contributed by atoms with E-state index in [0.717, 1.165) is 17.0 Å². The van der Waals surface area contributed by atoms with Gasteiger partial charge in [-0.05, 0) is 18.2 Å². The summed E-state index contributed by atoms with van der Waals surface area (Å²) in [5.41, 5.74) is 3.37. The maximum atomic E-state index is 13.5. The summed E-state index contributed by atoms with van der Waals surface area (Å²) in [7, 11) is 0. The fourth-order valence-corrected chi connectivity index (χ4v) is 2.60. The van der Waals surface area contributed by atoms with E-state index in [4.69, 9.17) is 10.5 Å². The van der Waals surface area contributed by atoms with Gasteiger partial charge in [0.2, 0.25) is 5.91 Å². The van der Waals surface area contributed by atoms with Crippen molar-refractivity contribution in [2.75, 3.05) is 43.1 Å². The minimum Gasteiger partial charge on any atom is -0.370 e. The van der Waals surface area contributed by atoms with E-state index in [1.165, 1.54) is 0 Å². The van der Waals surface area contributed by atoms with Gasteiger partial charge in [-0.1, -0.05) is 0 Å². The molecule has 0 radical (unpaired) electrons. The molecule has 4 N–H and O–H groups in total. The Hall–Kier alpha value is -2.38. The lowest BCUT2D eigenvalue weighted by Gasteiger charge is -2.29. The number of nitrogens with two attached hydrogens (primary N) is 1. The van der Waals surface area contributed by atoms with Crippen LogP contribution in [0.4, 0.5) is 37.7 Å². The van der Waals surface area contributed by atoms with E-state index in [9.17, 15) is 35.9 Å². The summed E-state index contributed by atoms with van der Waals surface area (Å²) >= 11 is 0. The predicted octanol–water partition coefficient (Wildman–Crippen LogP) is 1.49. The third-order valence-corrected chi connectivity index (χ3v) is 3.95. The Bertz CT molecular complexity index is 753. The number of carbonyl (C=O) groups is 2. The van der Waals surface area contributed by atoms with Crippen molar-refractivity contribution in [2.45, 2.75) is 18.4 Å². The van der Waals surface area contributed by atoms with Gasteiger partial charge in [-0.25, -0.2) is 0 Å². The number of benzene rings is 1. The number of nitrogens with one attached hydrogen (secondary N) is 2. The highest BCUT2D eigenvalue weighted by Crippen LogP contribution is 2.38. The highest BCUT2D eigenvalue weighted by atomic mass is 19.4. The largest absolute Gasteiger partial charge is 0.418 e. The molecule has 2 rings (SSSR count). The van der Waals surface area contributed by atoms with Crippen LogP contribution in [-0.4, -0.2) is 56.9 Å². The zero-order valence-corrected chi connectivity index (χ0v) is 14.9. The minimum atomic E-state index is -4.85. The molecule has 2 amide bonds. The molecule has 1 aromatic carbocycles. The average molecular weight is 428 g/mol. The zero-order chi connectivity index (χ0) is 21.8. The highest BCUT2D eigenvalue weighted by Gasteiger charge is 2.37. The van der Waals surface area contributed by atoms with Crippen molar-refractivity contribution in [3.05, 3.63) is 23.8 Å². The fourth-order valence-electron chi connectivity index (χ4n) is 2.60. The third kappa shape index (κ3) is 6.30. The van der Waals surface area contributed by atoms with Crippen LogP contribution in [0.1, 0.15) is 5.56 Å². The summed E-state index contributed by atoms with van der Waals surface area (Å²) < 4.78 is 82.2. The smallest absolute Gasteiger partial charge is 0.370 e. The molecule has 1 aliphatic heterocycles. The number of anilines is 2. The van der Waals surface area contributed by atoms with E-state index in [1.807, 2.05) is 5.32 Å². The molecular formula is C16H18F6N4O3. The molecule has 1 atom stereocenters. The van der Waals surface area contributed by atoms with E-state index in [1.54, 1.807) is 0 Å². The van der Waals surface area contributed by atoms with Gasteiger partial charge in [-0.3, -0.25) is 14.9 Å². The van der Waals surface area contributed by atoms with Crippen LogP contribution in [0, 0.1) is 0 Å². The molecule has 1 fully saturated rings. The topological polar surface area (TPSA) is 96.7 Å². The Morgan fingerprint density at radius 1 is 1.24 bits per heavy atom. The van der Waals surface area contributed by atoms with Crippen LogP contribution in [0.25, 0.3) is 0 Å². The van der Waals surface area contributed by atoms with Crippen LogP contribution in [-0.2, 0) is 20.5 Å². The Morgan fingerprint density at radius 2 is 1.93 bits per heavy atom. The molecule has 1 aromatic rings. The summed E-state index contributed by atoms with van der Waals surface area (Å²) in [5.74, 6) is -1.68. The van der Waals surface area contributed by atoms with E-state index in [2.05, 4.69) is 5.32 Å². The number of nitrogens with zero attached hydrogens (tertiary/aromatic N) is 1. The molecule has 0 bridgehead atoms. The number of halogens is 6. The van der Waals surface area contributed by atoms with Crippen molar-refractivity contribution in [1.29, 1.82) is 0 Å². The lowest BCUT2D eigenvalue weighted by atomic mass is 10.1. The van der Waals surface area contributed by atoms with E-state index in [-0.39, 0.29) is 25.4 Å². The maximum absolute atomic E-state index is 13.5. The highest BCUT2D eigenvalue weighted by molar-refractivity contribution is 5.98. The summed E-state index contributed by atoms with van der Waals surface area (Å²) in [6.45, 7) is -2.38. The van der Waals surface area contributed by atoms with Crippen molar-refractivity contribution >= 4 is 23.2 Å². The van der Waals surface area contributed by atoms with Crippen LogP contribution in [0.5, 0.6) is 0 Å². The van der Waals surface area contributed by atoms with Crippen LogP contribution >= 0.6 is 0 Å². The number of alkyl halides is 6. The summed E-state index contributed by atoms with van der Waals surface area (Å²) in [6.07, 6.45) is -9.44. The number of carbonyl (C=O) groups excluding carboxylic acids is 2. The van der Waals surface area contributed by atoms with Gasteiger partial charge in [0.1, 0.15) is 6.61 Å². The molecule has 0 aromatic heterocycles. The number of morpholine rings is 1. The fraction of sp³-hybridized carbons (Fsp3) is 0.500. The van der Waals surface area contributed by atoms with Crippen LogP contribution in [0.15, 0.2) is 18.2 Å². The molecule has 13 heteroatoms. The molecular weight excluding hydrogens is 410 g/mol. The quantitative estimate of drug-likeness (QED) is 0.597. The molecule has 7 nitrogen and oxygen atoms in total. The first kappa shape index (κ1) is 22.9. The van der Waals surface area contributed by atoms with Gasteiger partial charge < -0.3 is 20.7 Å².